The van der Waals surface area contributed by atoms with Crippen LogP contribution in [0.4, 0.5) is 0 Å². The first-order chi connectivity index (χ1) is 9.13. The second-order valence-electron chi connectivity index (χ2n) is 5.46. The third kappa shape index (κ3) is 3.58. The third-order valence-electron chi connectivity index (χ3n) is 4.09. The Bertz CT molecular complexity index is 413. The zero-order chi connectivity index (χ0) is 13.8. The van der Waals surface area contributed by atoms with E-state index in [1.165, 1.54) is 37.8 Å². The molecule has 1 heterocycles. The lowest BCUT2D eigenvalue weighted by molar-refractivity contribution is 0.114. The predicted octanol–water partition coefficient (Wildman–Crippen LogP) is 2.62. The van der Waals surface area contributed by atoms with Crippen LogP contribution in [0.2, 0.25) is 0 Å². The van der Waals surface area contributed by atoms with E-state index in [0.29, 0.717) is 6.04 Å². The number of hydrogen-bond acceptors (Lipinski definition) is 3. The number of nitrogens with zero attached hydrogens (tertiary/aromatic N) is 3. The maximum absolute atomic E-state index is 9.31. The molecule has 0 amide bonds. The van der Waals surface area contributed by atoms with Gasteiger partial charge in [-0.1, -0.05) is 19.3 Å². The van der Waals surface area contributed by atoms with Crippen molar-refractivity contribution in [3.05, 3.63) is 15.9 Å². The van der Waals surface area contributed by atoms with Crippen molar-refractivity contribution >= 4 is 15.9 Å². The summed E-state index contributed by atoms with van der Waals surface area (Å²) in [7, 11) is 1.99. The van der Waals surface area contributed by atoms with Crippen molar-refractivity contribution in [2.75, 3.05) is 13.2 Å². The molecular weight excluding hydrogens is 306 g/mol. The minimum Gasteiger partial charge on any atom is -0.395 e. The van der Waals surface area contributed by atoms with Crippen molar-refractivity contribution in [2.24, 2.45) is 7.05 Å². The standard InChI is InChI=1S/C14H24BrN3O/c1-11-14(15)13(17(2)16-11)10-18(8-9-19)12-6-4-3-5-7-12/h12,19H,3-10H2,1-2H3. The van der Waals surface area contributed by atoms with Crippen molar-refractivity contribution in [1.29, 1.82) is 0 Å². The van der Waals surface area contributed by atoms with Gasteiger partial charge in [0.05, 0.1) is 22.5 Å². The van der Waals surface area contributed by atoms with Crippen molar-refractivity contribution in [3.8, 4) is 0 Å². The van der Waals surface area contributed by atoms with Crippen LogP contribution in [0.25, 0.3) is 0 Å². The molecule has 19 heavy (non-hydrogen) atoms. The van der Waals surface area contributed by atoms with Crippen LogP contribution < -0.4 is 0 Å². The molecule has 4 nitrogen and oxygen atoms in total. The molecule has 1 aliphatic carbocycles. The second kappa shape index (κ2) is 6.86. The summed E-state index contributed by atoms with van der Waals surface area (Å²) in [5, 5.41) is 13.8. The molecule has 0 unspecified atom stereocenters. The number of aliphatic hydroxyl groups is 1. The fourth-order valence-corrected chi connectivity index (χ4v) is 3.47. The summed E-state index contributed by atoms with van der Waals surface area (Å²) in [5.74, 6) is 0. The van der Waals surface area contributed by atoms with Crippen LogP contribution in [0.5, 0.6) is 0 Å². The van der Waals surface area contributed by atoms with Gasteiger partial charge in [0.2, 0.25) is 0 Å². The van der Waals surface area contributed by atoms with Crippen LogP contribution in [0.3, 0.4) is 0 Å². The van der Waals surface area contributed by atoms with Gasteiger partial charge in [-0.3, -0.25) is 9.58 Å². The molecule has 108 valence electrons. The Labute approximate surface area is 123 Å². The quantitative estimate of drug-likeness (QED) is 0.902. The number of aliphatic hydroxyl groups excluding tert-OH is 1. The first kappa shape index (κ1) is 15.0. The second-order valence-corrected chi connectivity index (χ2v) is 6.25. The van der Waals surface area contributed by atoms with Gasteiger partial charge in [-0.05, 0) is 35.7 Å². The summed E-state index contributed by atoms with van der Waals surface area (Å²) in [6.45, 7) is 3.86. The number of halogens is 1. The van der Waals surface area contributed by atoms with Crippen LogP contribution in [0, 0.1) is 6.92 Å². The summed E-state index contributed by atoms with van der Waals surface area (Å²) in [5.41, 5.74) is 2.24. The molecular formula is C14H24BrN3O. The highest BCUT2D eigenvalue weighted by Crippen LogP contribution is 2.27. The fraction of sp³-hybridized carbons (Fsp3) is 0.786. The molecule has 2 rings (SSSR count). The summed E-state index contributed by atoms with van der Waals surface area (Å²) in [6.07, 6.45) is 6.51. The van der Waals surface area contributed by atoms with Gasteiger partial charge < -0.3 is 5.11 Å². The van der Waals surface area contributed by atoms with E-state index in [-0.39, 0.29) is 6.61 Å². The lowest BCUT2D eigenvalue weighted by Crippen LogP contribution is -2.38. The maximum atomic E-state index is 9.31. The lowest BCUT2D eigenvalue weighted by atomic mass is 9.94. The highest BCUT2D eigenvalue weighted by Gasteiger charge is 2.23. The predicted molar refractivity (Wildman–Crippen MR) is 80.0 cm³/mol. The molecule has 1 aromatic heterocycles. The van der Waals surface area contributed by atoms with Gasteiger partial charge in [0, 0.05) is 26.2 Å². The van der Waals surface area contributed by atoms with Gasteiger partial charge in [-0.15, -0.1) is 0 Å². The SMILES string of the molecule is Cc1nn(C)c(CN(CCO)C2CCCCC2)c1Br. The molecule has 1 N–H and O–H groups in total. The number of hydrogen-bond donors (Lipinski definition) is 1. The van der Waals surface area contributed by atoms with Gasteiger partial charge >= 0.3 is 0 Å². The van der Waals surface area contributed by atoms with Crippen LogP contribution in [-0.4, -0.2) is 39.0 Å². The minimum absolute atomic E-state index is 0.227. The first-order valence-corrected chi connectivity index (χ1v) is 7.95. The van der Waals surface area contributed by atoms with Gasteiger partial charge in [-0.25, -0.2) is 0 Å². The van der Waals surface area contributed by atoms with Crippen LogP contribution in [0.15, 0.2) is 4.47 Å². The zero-order valence-corrected chi connectivity index (χ0v) is 13.5. The van der Waals surface area contributed by atoms with E-state index >= 15 is 0 Å². The van der Waals surface area contributed by atoms with Crippen molar-refractivity contribution < 1.29 is 5.11 Å². The van der Waals surface area contributed by atoms with E-state index in [9.17, 15) is 5.11 Å². The smallest absolute Gasteiger partial charge is 0.0739 e. The molecule has 1 saturated carbocycles. The molecule has 1 aliphatic rings. The summed E-state index contributed by atoms with van der Waals surface area (Å²) < 4.78 is 3.06. The summed E-state index contributed by atoms with van der Waals surface area (Å²) >= 11 is 3.63. The average Bonchev–Trinajstić information content (AvgIpc) is 2.65. The first-order valence-electron chi connectivity index (χ1n) is 7.16. The van der Waals surface area contributed by atoms with Crippen molar-refractivity contribution in [3.63, 3.8) is 0 Å². The normalized spacial score (nSPS) is 17.3. The van der Waals surface area contributed by atoms with Crippen molar-refractivity contribution in [1.82, 2.24) is 14.7 Å². The topological polar surface area (TPSA) is 41.3 Å². The number of aryl methyl sites for hydroxylation is 2. The third-order valence-corrected chi connectivity index (χ3v) is 5.12. The molecule has 0 aliphatic heterocycles. The summed E-state index contributed by atoms with van der Waals surface area (Å²) in [6, 6.07) is 0.614. The Morgan fingerprint density at radius 3 is 2.58 bits per heavy atom. The molecule has 0 spiro atoms. The number of rotatable bonds is 5. The molecule has 5 heteroatoms. The lowest BCUT2D eigenvalue weighted by Gasteiger charge is -2.34. The Morgan fingerprint density at radius 2 is 2.05 bits per heavy atom. The maximum Gasteiger partial charge on any atom is 0.0739 e. The highest BCUT2D eigenvalue weighted by atomic mass is 79.9. The van der Waals surface area contributed by atoms with E-state index in [0.717, 1.165) is 23.3 Å². The molecule has 0 bridgehead atoms. The minimum atomic E-state index is 0.227. The van der Waals surface area contributed by atoms with E-state index in [1.807, 2.05) is 18.7 Å². The molecule has 1 fully saturated rings. The Balaban J connectivity index is 2.11. The zero-order valence-electron chi connectivity index (χ0n) is 11.9. The van der Waals surface area contributed by atoms with Gasteiger partial charge in [0.25, 0.3) is 0 Å². The van der Waals surface area contributed by atoms with Gasteiger partial charge in [0.15, 0.2) is 0 Å². The van der Waals surface area contributed by atoms with Crippen LogP contribution in [-0.2, 0) is 13.6 Å². The Morgan fingerprint density at radius 1 is 1.37 bits per heavy atom. The van der Waals surface area contributed by atoms with E-state index in [2.05, 4.69) is 25.9 Å². The van der Waals surface area contributed by atoms with E-state index in [1.54, 1.807) is 0 Å². The molecule has 0 atom stereocenters. The average molecular weight is 330 g/mol. The van der Waals surface area contributed by atoms with E-state index < -0.39 is 0 Å². The Hall–Kier alpha value is -0.390. The van der Waals surface area contributed by atoms with Crippen LogP contribution >= 0.6 is 15.9 Å². The molecule has 0 saturated heterocycles. The van der Waals surface area contributed by atoms with Gasteiger partial charge in [0.1, 0.15) is 0 Å². The number of aromatic nitrogens is 2. The molecule has 0 aromatic carbocycles. The van der Waals surface area contributed by atoms with E-state index in [4.69, 9.17) is 0 Å². The Kier molecular flexibility index (Phi) is 5.42. The van der Waals surface area contributed by atoms with Crippen molar-refractivity contribution in [2.45, 2.75) is 51.6 Å². The monoisotopic (exact) mass is 329 g/mol. The summed E-state index contributed by atoms with van der Waals surface area (Å²) in [4.78, 5) is 2.42. The van der Waals surface area contributed by atoms with Gasteiger partial charge in [-0.2, -0.15) is 5.10 Å². The van der Waals surface area contributed by atoms with Crippen LogP contribution in [0.1, 0.15) is 43.5 Å². The molecule has 1 aromatic rings. The fourth-order valence-electron chi connectivity index (χ4n) is 3.01. The highest BCUT2D eigenvalue weighted by molar-refractivity contribution is 9.10. The largest absolute Gasteiger partial charge is 0.395 e. The molecule has 0 radical (unpaired) electrons.